The summed E-state index contributed by atoms with van der Waals surface area (Å²) in [4.78, 5) is 0. The molecule has 9 heavy (non-hydrogen) atoms. The normalized spacial score (nSPS) is 33.1. The standard InChI is InChI=1S/C7H9O2/c1-9-7(8)5-3-2-4-6-7/h2-6,8H,1H3. The maximum absolute atomic E-state index is 9.26. The molecule has 0 heterocycles. The second-order valence-corrected chi connectivity index (χ2v) is 1.87. The lowest BCUT2D eigenvalue weighted by atomic mass is 10.1. The van der Waals surface area contributed by atoms with Crippen molar-refractivity contribution in [1.82, 2.24) is 0 Å². The third-order valence-electron chi connectivity index (χ3n) is 1.22. The van der Waals surface area contributed by atoms with Crippen molar-refractivity contribution in [1.29, 1.82) is 0 Å². The molecule has 0 aromatic carbocycles. The second kappa shape index (κ2) is 2.33. The highest BCUT2D eigenvalue weighted by atomic mass is 16.6. The molecule has 2 nitrogen and oxygen atoms in total. The average molecular weight is 125 g/mol. The lowest BCUT2D eigenvalue weighted by Crippen LogP contribution is -2.28. The van der Waals surface area contributed by atoms with E-state index in [2.05, 4.69) is 0 Å². The van der Waals surface area contributed by atoms with Gasteiger partial charge in [-0.15, -0.1) is 0 Å². The van der Waals surface area contributed by atoms with E-state index in [0.29, 0.717) is 0 Å². The molecule has 1 rings (SSSR count). The van der Waals surface area contributed by atoms with Crippen LogP contribution in [0.1, 0.15) is 0 Å². The molecule has 49 valence electrons. The molecular weight excluding hydrogens is 116 g/mol. The molecule has 0 aromatic heterocycles. The first kappa shape index (κ1) is 6.52. The van der Waals surface area contributed by atoms with Gasteiger partial charge in [0.15, 0.2) is 5.79 Å². The predicted octanol–water partition coefficient (Wildman–Crippen LogP) is 0.652. The molecular formula is C7H9O2. The highest BCUT2D eigenvalue weighted by Crippen LogP contribution is 2.15. The fraction of sp³-hybridized carbons (Fsp3) is 0.286. The number of ether oxygens (including phenoxy) is 1. The van der Waals surface area contributed by atoms with Gasteiger partial charge < -0.3 is 9.84 Å². The molecule has 0 aliphatic heterocycles. The lowest BCUT2D eigenvalue weighted by molar-refractivity contribution is -0.116. The van der Waals surface area contributed by atoms with Crippen LogP contribution < -0.4 is 0 Å². The first-order valence-corrected chi connectivity index (χ1v) is 2.75. The van der Waals surface area contributed by atoms with Gasteiger partial charge in [0.1, 0.15) is 0 Å². The summed E-state index contributed by atoms with van der Waals surface area (Å²) in [6, 6.07) is 0. The van der Waals surface area contributed by atoms with Crippen LogP contribution >= 0.6 is 0 Å². The van der Waals surface area contributed by atoms with E-state index in [1.54, 1.807) is 24.6 Å². The van der Waals surface area contributed by atoms with Crippen molar-refractivity contribution in [3.63, 3.8) is 0 Å². The van der Waals surface area contributed by atoms with E-state index in [9.17, 15) is 5.11 Å². The van der Waals surface area contributed by atoms with Gasteiger partial charge in [-0.25, -0.2) is 0 Å². The molecule has 0 spiro atoms. The van der Waals surface area contributed by atoms with Crippen LogP contribution in [0.25, 0.3) is 0 Å². The number of rotatable bonds is 1. The lowest BCUT2D eigenvalue weighted by Gasteiger charge is -2.21. The van der Waals surface area contributed by atoms with Crippen LogP contribution in [0.3, 0.4) is 0 Å². The molecule has 0 fully saturated rings. The average Bonchev–Trinajstić information content (AvgIpc) is 1.90. The Balaban J connectivity index is 2.63. The van der Waals surface area contributed by atoms with Crippen molar-refractivity contribution in [2.24, 2.45) is 0 Å². The van der Waals surface area contributed by atoms with Gasteiger partial charge in [0.2, 0.25) is 0 Å². The van der Waals surface area contributed by atoms with E-state index in [0.717, 1.165) is 0 Å². The summed E-state index contributed by atoms with van der Waals surface area (Å²) in [6.45, 7) is 0. The van der Waals surface area contributed by atoms with Gasteiger partial charge in [-0.05, 0) is 6.08 Å². The smallest absolute Gasteiger partial charge is 0.192 e. The summed E-state index contributed by atoms with van der Waals surface area (Å²) in [6.07, 6.45) is 8.46. The summed E-state index contributed by atoms with van der Waals surface area (Å²) < 4.78 is 4.74. The summed E-state index contributed by atoms with van der Waals surface area (Å²) in [7, 11) is 1.46. The Morgan fingerprint density at radius 1 is 1.33 bits per heavy atom. The Bertz CT molecular complexity index is 149. The van der Waals surface area contributed by atoms with Gasteiger partial charge in [-0.1, -0.05) is 18.2 Å². The van der Waals surface area contributed by atoms with E-state index in [1.807, 2.05) is 6.08 Å². The van der Waals surface area contributed by atoms with Crippen LogP contribution in [0.15, 0.2) is 24.3 Å². The highest BCUT2D eigenvalue weighted by molar-refractivity contribution is 5.23. The molecule has 1 radical (unpaired) electrons. The van der Waals surface area contributed by atoms with Gasteiger partial charge in [-0.3, -0.25) is 0 Å². The van der Waals surface area contributed by atoms with Crippen LogP contribution in [-0.2, 0) is 4.74 Å². The summed E-state index contributed by atoms with van der Waals surface area (Å²) in [5.41, 5.74) is 0. The molecule has 2 heteroatoms. The van der Waals surface area contributed by atoms with Crippen molar-refractivity contribution in [3.8, 4) is 0 Å². The Morgan fingerprint density at radius 3 is 2.44 bits per heavy atom. The Hall–Kier alpha value is -0.600. The number of methoxy groups -OCH3 is 1. The Labute approximate surface area is 54.5 Å². The number of allylic oxidation sites excluding steroid dienone is 2. The van der Waals surface area contributed by atoms with Crippen LogP contribution in [0.5, 0.6) is 0 Å². The first-order chi connectivity index (χ1) is 4.27. The Kier molecular flexibility index (Phi) is 1.69. The molecule has 0 saturated heterocycles. The third-order valence-corrected chi connectivity index (χ3v) is 1.22. The SMILES string of the molecule is COC1(O)[CH]C=CC=C1. The summed E-state index contributed by atoms with van der Waals surface area (Å²) in [5, 5.41) is 9.26. The van der Waals surface area contributed by atoms with Gasteiger partial charge >= 0.3 is 0 Å². The topological polar surface area (TPSA) is 29.5 Å². The maximum Gasteiger partial charge on any atom is 0.192 e. The quantitative estimate of drug-likeness (QED) is 0.521. The van der Waals surface area contributed by atoms with E-state index in [1.165, 1.54) is 7.11 Å². The zero-order chi connectivity index (χ0) is 6.74. The Morgan fingerprint density at radius 2 is 2.11 bits per heavy atom. The van der Waals surface area contributed by atoms with E-state index < -0.39 is 5.79 Å². The molecule has 0 bridgehead atoms. The molecule has 0 aromatic rings. The first-order valence-electron chi connectivity index (χ1n) is 2.75. The van der Waals surface area contributed by atoms with Crippen molar-refractivity contribution < 1.29 is 9.84 Å². The fourth-order valence-corrected chi connectivity index (χ4v) is 0.643. The van der Waals surface area contributed by atoms with Gasteiger partial charge in [-0.2, -0.15) is 0 Å². The second-order valence-electron chi connectivity index (χ2n) is 1.87. The van der Waals surface area contributed by atoms with Gasteiger partial charge in [0, 0.05) is 13.5 Å². The van der Waals surface area contributed by atoms with Crippen LogP contribution in [0, 0.1) is 6.42 Å². The molecule has 1 N–H and O–H groups in total. The zero-order valence-electron chi connectivity index (χ0n) is 5.24. The third kappa shape index (κ3) is 1.40. The minimum absolute atomic E-state index is 1.17. The molecule has 0 saturated carbocycles. The minimum atomic E-state index is -1.17. The monoisotopic (exact) mass is 125 g/mol. The van der Waals surface area contributed by atoms with E-state index in [-0.39, 0.29) is 0 Å². The summed E-state index contributed by atoms with van der Waals surface area (Å²) in [5.74, 6) is -1.17. The van der Waals surface area contributed by atoms with Crippen molar-refractivity contribution in [3.05, 3.63) is 30.7 Å². The minimum Gasteiger partial charge on any atom is -0.362 e. The van der Waals surface area contributed by atoms with Crippen molar-refractivity contribution >= 4 is 0 Å². The van der Waals surface area contributed by atoms with Crippen molar-refractivity contribution in [2.75, 3.05) is 7.11 Å². The van der Waals surface area contributed by atoms with Crippen LogP contribution in [-0.4, -0.2) is 18.0 Å². The van der Waals surface area contributed by atoms with Gasteiger partial charge in [0.25, 0.3) is 0 Å². The van der Waals surface area contributed by atoms with E-state index in [4.69, 9.17) is 4.74 Å². The largest absolute Gasteiger partial charge is 0.362 e. The molecule has 1 aliphatic carbocycles. The molecule has 1 atom stereocenters. The zero-order valence-corrected chi connectivity index (χ0v) is 5.24. The predicted molar refractivity (Wildman–Crippen MR) is 34.5 cm³/mol. The molecule has 1 unspecified atom stereocenters. The van der Waals surface area contributed by atoms with Crippen molar-refractivity contribution in [2.45, 2.75) is 5.79 Å². The highest BCUT2D eigenvalue weighted by Gasteiger charge is 2.21. The summed E-state index contributed by atoms with van der Waals surface area (Å²) >= 11 is 0. The van der Waals surface area contributed by atoms with E-state index >= 15 is 0 Å². The van der Waals surface area contributed by atoms with Crippen LogP contribution in [0.4, 0.5) is 0 Å². The number of aliphatic hydroxyl groups is 1. The van der Waals surface area contributed by atoms with Crippen LogP contribution in [0.2, 0.25) is 0 Å². The van der Waals surface area contributed by atoms with Gasteiger partial charge in [0.05, 0.1) is 0 Å². The maximum atomic E-state index is 9.26. The fourth-order valence-electron chi connectivity index (χ4n) is 0.643. The number of hydrogen-bond donors (Lipinski definition) is 1. The molecule has 1 aliphatic rings. The molecule has 0 amide bonds. The number of hydrogen-bond acceptors (Lipinski definition) is 2.